The van der Waals surface area contributed by atoms with Crippen LogP contribution in [0.4, 0.5) is 11.4 Å². The van der Waals surface area contributed by atoms with E-state index in [1.165, 1.54) is 7.11 Å². The highest BCUT2D eigenvalue weighted by Gasteiger charge is 2.17. The average molecular weight is 494 g/mol. The van der Waals surface area contributed by atoms with Gasteiger partial charge < -0.3 is 20.1 Å². The van der Waals surface area contributed by atoms with Gasteiger partial charge in [0.15, 0.2) is 6.10 Å². The number of hydrogen-bond donors (Lipinski definition) is 2. The minimum atomic E-state index is -0.816. The van der Waals surface area contributed by atoms with Gasteiger partial charge in [-0.1, -0.05) is 34.8 Å². The van der Waals surface area contributed by atoms with Crippen molar-refractivity contribution in [1.82, 2.24) is 0 Å². The Hall–Kier alpha value is -2.93. The molecule has 3 aromatic carbocycles. The molecule has 1 unspecified atom stereocenters. The van der Waals surface area contributed by atoms with E-state index in [9.17, 15) is 9.59 Å². The number of amides is 2. The Morgan fingerprint density at radius 2 is 1.47 bits per heavy atom. The second-order valence-corrected chi connectivity index (χ2v) is 7.98. The maximum absolute atomic E-state index is 12.5. The first-order chi connectivity index (χ1) is 15.3. The molecule has 0 saturated heterocycles. The van der Waals surface area contributed by atoms with Crippen LogP contribution in [0.2, 0.25) is 15.1 Å². The second kappa shape index (κ2) is 10.6. The van der Waals surface area contributed by atoms with Crippen LogP contribution in [0.5, 0.6) is 11.5 Å². The first kappa shape index (κ1) is 23.7. The van der Waals surface area contributed by atoms with Crippen LogP contribution in [-0.2, 0) is 4.79 Å². The minimum Gasteiger partial charge on any atom is -0.495 e. The van der Waals surface area contributed by atoms with E-state index in [0.717, 1.165) is 0 Å². The zero-order valence-electron chi connectivity index (χ0n) is 17.1. The number of anilines is 2. The van der Waals surface area contributed by atoms with E-state index in [1.54, 1.807) is 67.6 Å². The molecule has 3 aromatic rings. The number of rotatable bonds is 7. The van der Waals surface area contributed by atoms with E-state index in [1.807, 2.05) is 0 Å². The number of halogens is 3. The summed E-state index contributed by atoms with van der Waals surface area (Å²) in [5, 5.41) is 6.72. The van der Waals surface area contributed by atoms with Gasteiger partial charge in [0.1, 0.15) is 11.5 Å². The number of methoxy groups -OCH3 is 1. The molecule has 0 saturated carbocycles. The number of benzene rings is 3. The number of nitrogens with one attached hydrogen (secondary N) is 2. The van der Waals surface area contributed by atoms with Crippen molar-refractivity contribution in [3.63, 3.8) is 0 Å². The molecule has 0 bridgehead atoms. The highest BCUT2D eigenvalue weighted by atomic mass is 35.5. The Kier molecular flexibility index (Phi) is 7.85. The van der Waals surface area contributed by atoms with E-state index >= 15 is 0 Å². The van der Waals surface area contributed by atoms with Gasteiger partial charge in [-0.05, 0) is 67.6 Å². The Morgan fingerprint density at radius 1 is 0.844 bits per heavy atom. The summed E-state index contributed by atoms with van der Waals surface area (Å²) in [5.41, 5.74) is 1.23. The third-order valence-corrected chi connectivity index (χ3v) is 5.19. The lowest BCUT2D eigenvalue weighted by Crippen LogP contribution is -2.30. The zero-order chi connectivity index (χ0) is 23.3. The molecule has 0 radical (unpaired) electrons. The van der Waals surface area contributed by atoms with Crippen LogP contribution in [0.25, 0.3) is 0 Å². The molecule has 3 rings (SSSR count). The SMILES string of the molecule is COc1ccc(Cl)cc1NC(=O)C(C)Oc1ccc(C(=O)Nc2cc(Cl)ccc2Cl)cc1. The van der Waals surface area contributed by atoms with Crippen molar-refractivity contribution in [2.75, 3.05) is 17.7 Å². The fourth-order valence-corrected chi connectivity index (χ4v) is 3.25. The first-order valence-corrected chi connectivity index (χ1v) is 10.6. The molecule has 9 heteroatoms. The van der Waals surface area contributed by atoms with E-state index in [4.69, 9.17) is 44.3 Å². The summed E-state index contributed by atoms with van der Waals surface area (Å²) in [4.78, 5) is 25.0. The molecule has 32 heavy (non-hydrogen) atoms. The molecule has 0 heterocycles. The van der Waals surface area contributed by atoms with E-state index in [-0.39, 0.29) is 11.8 Å². The molecule has 0 fully saturated rings. The summed E-state index contributed by atoms with van der Waals surface area (Å²) >= 11 is 18.0. The number of ether oxygens (including phenoxy) is 2. The van der Waals surface area contributed by atoms with Crippen molar-refractivity contribution in [3.05, 3.63) is 81.3 Å². The van der Waals surface area contributed by atoms with Gasteiger partial charge in [0.25, 0.3) is 11.8 Å². The first-order valence-electron chi connectivity index (χ1n) is 9.44. The Bertz CT molecular complexity index is 1140. The molecule has 166 valence electrons. The van der Waals surface area contributed by atoms with E-state index in [0.29, 0.717) is 43.5 Å². The standard InChI is InChI=1S/C23H19Cl3N2O4/c1-13(22(29)28-20-12-16(25)6-10-21(20)31-2)32-17-7-3-14(4-8-17)23(30)27-19-11-15(24)5-9-18(19)26/h3-13H,1-2H3,(H,27,30)(H,28,29). The molecule has 0 aliphatic rings. The Labute approximate surface area is 200 Å². The summed E-state index contributed by atoms with van der Waals surface area (Å²) < 4.78 is 10.9. The van der Waals surface area contributed by atoms with Crippen molar-refractivity contribution in [3.8, 4) is 11.5 Å². The molecule has 2 amide bonds. The molecule has 0 aromatic heterocycles. The van der Waals surface area contributed by atoms with Crippen molar-refractivity contribution in [2.45, 2.75) is 13.0 Å². The third kappa shape index (κ3) is 6.07. The molecular weight excluding hydrogens is 475 g/mol. The van der Waals surface area contributed by atoms with Crippen LogP contribution in [0.1, 0.15) is 17.3 Å². The average Bonchev–Trinajstić information content (AvgIpc) is 2.77. The molecule has 0 aliphatic heterocycles. The molecule has 2 N–H and O–H groups in total. The topological polar surface area (TPSA) is 76.7 Å². The monoisotopic (exact) mass is 492 g/mol. The predicted molar refractivity (Wildman–Crippen MR) is 128 cm³/mol. The quantitative estimate of drug-likeness (QED) is 0.404. The van der Waals surface area contributed by atoms with Crippen molar-refractivity contribution < 1.29 is 19.1 Å². The summed E-state index contributed by atoms with van der Waals surface area (Å²) in [5.74, 6) is 0.149. The second-order valence-electron chi connectivity index (χ2n) is 6.70. The fourth-order valence-electron chi connectivity index (χ4n) is 2.74. The number of hydrogen-bond acceptors (Lipinski definition) is 4. The molecular formula is C23H19Cl3N2O4. The van der Waals surface area contributed by atoms with Gasteiger partial charge in [-0.2, -0.15) is 0 Å². The van der Waals surface area contributed by atoms with Gasteiger partial charge >= 0.3 is 0 Å². The number of carbonyl (C=O) groups is 2. The van der Waals surface area contributed by atoms with E-state index < -0.39 is 6.10 Å². The summed E-state index contributed by atoms with van der Waals surface area (Å²) in [6.07, 6.45) is -0.816. The van der Waals surface area contributed by atoms with Gasteiger partial charge in [-0.3, -0.25) is 9.59 Å². The highest BCUT2D eigenvalue weighted by molar-refractivity contribution is 6.36. The number of carbonyl (C=O) groups excluding carboxylic acids is 2. The lowest BCUT2D eigenvalue weighted by atomic mass is 10.2. The summed E-state index contributed by atoms with van der Waals surface area (Å²) in [6.45, 7) is 1.61. The lowest BCUT2D eigenvalue weighted by molar-refractivity contribution is -0.122. The van der Waals surface area contributed by atoms with Gasteiger partial charge in [0.05, 0.1) is 23.5 Å². The van der Waals surface area contributed by atoms with Crippen molar-refractivity contribution in [2.24, 2.45) is 0 Å². The third-order valence-electron chi connectivity index (χ3n) is 4.39. The summed E-state index contributed by atoms with van der Waals surface area (Å²) in [6, 6.07) is 16.0. The van der Waals surface area contributed by atoms with Gasteiger partial charge in [-0.25, -0.2) is 0 Å². The van der Waals surface area contributed by atoms with Gasteiger partial charge in [0, 0.05) is 15.6 Å². The Morgan fingerprint density at radius 3 is 2.12 bits per heavy atom. The van der Waals surface area contributed by atoms with E-state index in [2.05, 4.69) is 10.6 Å². The Balaban J connectivity index is 1.62. The zero-order valence-corrected chi connectivity index (χ0v) is 19.4. The van der Waals surface area contributed by atoms with Gasteiger partial charge in [-0.15, -0.1) is 0 Å². The van der Waals surface area contributed by atoms with Crippen molar-refractivity contribution in [1.29, 1.82) is 0 Å². The smallest absolute Gasteiger partial charge is 0.265 e. The van der Waals surface area contributed by atoms with Crippen LogP contribution in [0.3, 0.4) is 0 Å². The molecule has 0 spiro atoms. The summed E-state index contributed by atoms with van der Waals surface area (Å²) in [7, 11) is 1.50. The van der Waals surface area contributed by atoms with Crippen LogP contribution < -0.4 is 20.1 Å². The predicted octanol–water partition coefficient (Wildman–Crippen LogP) is 6.31. The van der Waals surface area contributed by atoms with Crippen LogP contribution in [-0.4, -0.2) is 25.0 Å². The lowest BCUT2D eigenvalue weighted by Gasteiger charge is -2.16. The maximum atomic E-state index is 12.5. The minimum absolute atomic E-state index is 0.362. The fraction of sp³-hybridized carbons (Fsp3) is 0.130. The highest BCUT2D eigenvalue weighted by Crippen LogP contribution is 2.28. The van der Waals surface area contributed by atoms with Gasteiger partial charge in [0.2, 0.25) is 0 Å². The molecule has 1 atom stereocenters. The normalized spacial score (nSPS) is 11.4. The van der Waals surface area contributed by atoms with Crippen LogP contribution in [0, 0.1) is 0 Å². The maximum Gasteiger partial charge on any atom is 0.265 e. The van der Waals surface area contributed by atoms with Crippen LogP contribution in [0.15, 0.2) is 60.7 Å². The van der Waals surface area contributed by atoms with Crippen LogP contribution >= 0.6 is 34.8 Å². The van der Waals surface area contributed by atoms with Crippen molar-refractivity contribution >= 4 is 58.0 Å². The largest absolute Gasteiger partial charge is 0.495 e. The molecule has 0 aliphatic carbocycles. The molecule has 6 nitrogen and oxygen atoms in total.